The first-order valence-electron chi connectivity index (χ1n) is 6.14. The maximum atomic E-state index is 14.1. The molecule has 0 bridgehead atoms. The number of aryl methyl sites for hydroxylation is 1. The van der Waals surface area contributed by atoms with Gasteiger partial charge in [-0.3, -0.25) is 0 Å². The van der Waals surface area contributed by atoms with Crippen LogP contribution in [0.4, 0.5) is 4.39 Å². The van der Waals surface area contributed by atoms with Crippen LogP contribution in [-0.2, 0) is 6.42 Å². The van der Waals surface area contributed by atoms with Gasteiger partial charge in [0.2, 0.25) is 0 Å². The highest BCUT2D eigenvalue weighted by atomic mass is 19.1. The number of fused-ring (bicyclic) bond motifs is 1. The van der Waals surface area contributed by atoms with Crippen molar-refractivity contribution >= 4 is 10.9 Å². The first-order chi connectivity index (χ1) is 8.79. The van der Waals surface area contributed by atoms with Gasteiger partial charge in [0.1, 0.15) is 5.82 Å². The van der Waals surface area contributed by atoms with Crippen LogP contribution in [-0.4, -0.2) is 4.98 Å². The maximum absolute atomic E-state index is 14.1. The third-order valence-electron chi connectivity index (χ3n) is 3.32. The minimum atomic E-state index is -0.154. The monoisotopic (exact) mass is 239 g/mol. The molecule has 2 aromatic carbocycles. The molecule has 0 spiro atoms. The number of benzene rings is 2. The van der Waals surface area contributed by atoms with Gasteiger partial charge in [0.05, 0.1) is 0 Å². The van der Waals surface area contributed by atoms with Crippen LogP contribution in [0.3, 0.4) is 0 Å². The van der Waals surface area contributed by atoms with Crippen molar-refractivity contribution in [1.82, 2.24) is 4.98 Å². The summed E-state index contributed by atoms with van der Waals surface area (Å²) in [4.78, 5) is 3.18. The Balaban J connectivity index is 2.20. The summed E-state index contributed by atoms with van der Waals surface area (Å²) in [5.74, 6) is -0.154. The van der Waals surface area contributed by atoms with Gasteiger partial charge in [0.25, 0.3) is 0 Å². The van der Waals surface area contributed by atoms with E-state index in [0.717, 1.165) is 28.5 Å². The quantitative estimate of drug-likeness (QED) is 0.676. The largest absolute Gasteiger partial charge is 0.361 e. The van der Waals surface area contributed by atoms with Crippen molar-refractivity contribution in [3.8, 4) is 11.1 Å². The van der Waals surface area contributed by atoms with Gasteiger partial charge in [0.15, 0.2) is 0 Å². The number of aromatic amines is 1. The summed E-state index contributed by atoms with van der Waals surface area (Å²) in [5.41, 5.74) is 3.64. The number of hydrogen-bond acceptors (Lipinski definition) is 0. The highest BCUT2D eigenvalue weighted by molar-refractivity contribution is 5.95. The van der Waals surface area contributed by atoms with Crippen LogP contribution in [0.25, 0.3) is 22.0 Å². The highest BCUT2D eigenvalue weighted by Crippen LogP contribution is 2.30. The number of hydrogen-bond donors (Lipinski definition) is 1. The molecule has 1 heterocycles. The number of rotatable bonds is 2. The van der Waals surface area contributed by atoms with Gasteiger partial charge in [0, 0.05) is 28.2 Å². The van der Waals surface area contributed by atoms with Crippen molar-refractivity contribution in [3.05, 3.63) is 60.0 Å². The molecule has 0 fully saturated rings. The lowest BCUT2D eigenvalue weighted by atomic mass is 10.0. The van der Waals surface area contributed by atoms with Crippen LogP contribution in [0, 0.1) is 5.82 Å². The van der Waals surface area contributed by atoms with E-state index in [1.807, 2.05) is 49.5 Å². The Bertz CT molecular complexity index is 697. The summed E-state index contributed by atoms with van der Waals surface area (Å²) in [6.45, 7) is 2.03. The normalized spacial score (nSPS) is 11.0. The minimum absolute atomic E-state index is 0.154. The van der Waals surface area contributed by atoms with E-state index in [1.165, 1.54) is 0 Å². The second kappa shape index (κ2) is 4.30. The van der Waals surface area contributed by atoms with Crippen molar-refractivity contribution in [2.45, 2.75) is 13.3 Å². The Morgan fingerprint density at radius 2 is 1.89 bits per heavy atom. The van der Waals surface area contributed by atoms with Crippen LogP contribution in [0.1, 0.15) is 12.5 Å². The third-order valence-corrected chi connectivity index (χ3v) is 3.32. The second-order valence-electron chi connectivity index (χ2n) is 4.42. The Hall–Kier alpha value is -2.09. The second-order valence-corrected chi connectivity index (χ2v) is 4.42. The van der Waals surface area contributed by atoms with E-state index in [4.69, 9.17) is 0 Å². The summed E-state index contributed by atoms with van der Waals surface area (Å²) in [6, 6.07) is 13.4. The predicted octanol–water partition coefficient (Wildman–Crippen LogP) is 4.54. The molecule has 2 heteroatoms. The van der Waals surface area contributed by atoms with Crippen molar-refractivity contribution in [2.75, 3.05) is 0 Å². The van der Waals surface area contributed by atoms with Gasteiger partial charge in [-0.15, -0.1) is 0 Å². The molecule has 0 saturated heterocycles. The van der Waals surface area contributed by atoms with Crippen LogP contribution >= 0.6 is 0 Å². The van der Waals surface area contributed by atoms with Crippen molar-refractivity contribution in [3.63, 3.8) is 0 Å². The average Bonchev–Trinajstić information content (AvgIpc) is 2.82. The number of para-hydroxylation sites is 1. The van der Waals surface area contributed by atoms with Crippen LogP contribution < -0.4 is 0 Å². The zero-order valence-electron chi connectivity index (χ0n) is 10.2. The molecule has 0 saturated carbocycles. The Morgan fingerprint density at radius 3 is 2.67 bits per heavy atom. The van der Waals surface area contributed by atoms with Crippen LogP contribution in [0.15, 0.2) is 48.7 Å². The molecule has 18 heavy (non-hydrogen) atoms. The van der Waals surface area contributed by atoms with E-state index in [1.54, 1.807) is 6.07 Å². The number of halogens is 1. The summed E-state index contributed by atoms with van der Waals surface area (Å²) in [6.07, 6.45) is 2.72. The van der Waals surface area contributed by atoms with Gasteiger partial charge < -0.3 is 4.98 Å². The zero-order valence-corrected chi connectivity index (χ0v) is 10.2. The van der Waals surface area contributed by atoms with E-state index in [0.29, 0.717) is 5.56 Å². The SMILES string of the molecule is CCc1ccc(-c2c[nH]c3ccccc23)c(F)c1. The molecule has 0 atom stereocenters. The Morgan fingerprint density at radius 1 is 1.06 bits per heavy atom. The average molecular weight is 239 g/mol. The molecule has 0 aliphatic rings. The molecule has 3 rings (SSSR count). The van der Waals surface area contributed by atoms with Crippen LogP contribution in [0.2, 0.25) is 0 Å². The van der Waals surface area contributed by atoms with E-state index >= 15 is 0 Å². The molecule has 0 aliphatic heterocycles. The number of H-pyrrole nitrogens is 1. The molecule has 3 aromatic rings. The van der Waals surface area contributed by atoms with Crippen LogP contribution in [0.5, 0.6) is 0 Å². The maximum Gasteiger partial charge on any atom is 0.131 e. The standard InChI is InChI=1S/C16H14FN/c1-2-11-7-8-12(15(17)9-11)14-10-18-16-6-4-3-5-13(14)16/h3-10,18H,2H2,1H3. The van der Waals surface area contributed by atoms with E-state index in [-0.39, 0.29) is 5.82 Å². The summed E-state index contributed by atoms with van der Waals surface area (Å²) < 4.78 is 14.1. The van der Waals surface area contributed by atoms with E-state index in [2.05, 4.69) is 4.98 Å². The molecule has 0 amide bonds. The van der Waals surface area contributed by atoms with Gasteiger partial charge in [-0.25, -0.2) is 4.39 Å². The summed E-state index contributed by atoms with van der Waals surface area (Å²) >= 11 is 0. The lowest BCUT2D eigenvalue weighted by molar-refractivity contribution is 0.629. The van der Waals surface area contributed by atoms with Crippen molar-refractivity contribution in [1.29, 1.82) is 0 Å². The predicted molar refractivity (Wildman–Crippen MR) is 73.1 cm³/mol. The van der Waals surface area contributed by atoms with Crippen molar-refractivity contribution in [2.24, 2.45) is 0 Å². The molecule has 90 valence electrons. The fourth-order valence-electron chi connectivity index (χ4n) is 2.29. The smallest absolute Gasteiger partial charge is 0.131 e. The topological polar surface area (TPSA) is 15.8 Å². The fourth-order valence-corrected chi connectivity index (χ4v) is 2.29. The molecule has 1 aromatic heterocycles. The zero-order chi connectivity index (χ0) is 12.5. The third kappa shape index (κ3) is 1.70. The molecule has 0 radical (unpaired) electrons. The van der Waals surface area contributed by atoms with Gasteiger partial charge in [-0.2, -0.15) is 0 Å². The summed E-state index contributed by atoms with van der Waals surface area (Å²) in [7, 11) is 0. The summed E-state index contributed by atoms with van der Waals surface area (Å²) in [5, 5.41) is 1.06. The lowest BCUT2D eigenvalue weighted by Crippen LogP contribution is -1.87. The molecule has 0 unspecified atom stereocenters. The van der Waals surface area contributed by atoms with Gasteiger partial charge in [-0.1, -0.05) is 37.3 Å². The van der Waals surface area contributed by atoms with Crippen molar-refractivity contribution < 1.29 is 4.39 Å². The fraction of sp³-hybridized carbons (Fsp3) is 0.125. The van der Waals surface area contributed by atoms with E-state index in [9.17, 15) is 4.39 Å². The molecule has 0 aliphatic carbocycles. The first-order valence-corrected chi connectivity index (χ1v) is 6.14. The molecule has 1 nitrogen and oxygen atoms in total. The Labute approximate surface area is 105 Å². The number of aromatic nitrogens is 1. The number of nitrogens with one attached hydrogen (secondary N) is 1. The van der Waals surface area contributed by atoms with E-state index < -0.39 is 0 Å². The van der Waals surface area contributed by atoms with Gasteiger partial charge >= 0.3 is 0 Å². The molecule has 1 N–H and O–H groups in total. The van der Waals surface area contributed by atoms with Gasteiger partial charge in [-0.05, 0) is 24.1 Å². The minimum Gasteiger partial charge on any atom is -0.361 e. The highest BCUT2D eigenvalue weighted by Gasteiger charge is 2.10. The molecular weight excluding hydrogens is 225 g/mol. The first kappa shape index (κ1) is 11.0. The Kier molecular flexibility index (Phi) is 2.63. The molecular formula is C16H14FN. The lowest BCUT2D eigenvalue weighted by Gasteiger charge is -2.04.